The molecule has 3 rings (SSSR count). The molecule has 21 heavy (non-hydrogen) atoms. The molecule has 0 spiro atoms. The summed E-state index contributed by atoms with van der Waals surface area (Å²) >= 11 is 0. The highest BCUT2D eigenvalue weighted by Crippen LogP contribution is 2.17. The number of amides is 1. The first-order valence-electron chi connectivity index (χ1n) is 7.29. The fourth-order valence-corrected chi connectivity index (χ4v) is 2.93. The number of piperazine rings is 1. The molecule has 1 amide bonds. The fraction of sp³-hybridized carbons (Fsp3) is 0.375. The number of rotatable bonds is 2. The van der Waals surface area contributed by atoms with Gasteiger partial charge in [-0.1, -0.05) is 12.1 Å². The van der Waals surface area contributed by atoms with Crippen molar-refractivity contribution in [3.63, 3.8) is 0 Å². The van der Waals surface area contributed by atoms with E-state index in [1.807, 2.05) is 41.4 Å². The van der Waals surface area contributed by atoms with Crippen LogP contribution in [0.15, 0.2) is 42.7 Å². The molecule has 1 fully saturated rings. The Bertz CT molecular complexity index is 613. The lowest BCUT2D eigenvalue weighted by Crippen LogP contribution is -2.55. The normalized spacial score (nSPS) is 22.3. The van der Waals surface area contributed by atoms with Crippen molar-refractivity contribution in [3.05, 3.63) is 48.3 Å². The van der Waals surface area contributed by atoms with Crippen molar-refractivity contribution in [1.82, 2.24) is 20.0 Å². The summed E-state index contributed by atoms with van der Waals surface area (Å²) in [4.78, 5) is 14.8. The third kappa shape index (κ3) is 2.83. The SMILES string of the molecule is CC1CN(C(=O)c2ccccc2-n2cccn2)CC(C)N1. The monoisotopic (exact) mass is 284 g/mol. The minimum absolute atomic E-state index is 0.0706. The average molecular weight is 284 g/mol. The summed E-state index contributed by atoms with van der Waals surface area (Å²) in [6.07, 6.45) is 3.57. The first-order chi connectivity index (χ1) is 10.1. The third-order valence-electron chi connectivity index (χ3n) is 3.73. The standard InChI is InChI=1S/C16H20N4O/c1-12-10-19(11-13(2)18-12)16(21)14-6-3-4-7-15(14)20-9-5-8-17-20/h3-9,12-13,18H,10-11H2,1-2H3. The minimum Gasteiger partial charge on any atom is -0.335 e. The summed E-state index contributed by atoms with van der Waals surface area (Å²) in [5.41, 5.74) is 1.52. The van der Waals surface area contributed by atoms with Crippen LogP contribution in [0.5, 0.6) is 0 Å². The highest BCUT2D eigenvalue weighted by Gasteiger charge is 2.27. The molecular formula is C16H20N4O. The zero-order valence-corrected chi connectivity index (χ0v) is 12.4. The number of aromatic nitrogens is 2. The number of nitrogens with one attached hydrogen (secondary N) is 1. The molecule has 1 aromatic carbocycles. The third-order valence-corrected chi connectivity index (χ3v) is 3.73. The lowest BCUT2D eigenvalue weighted by atomic mass is 10.1. The second-order valence-electron chi connectivity index (χ2n) is 5.65. The van der Waals surface area contributed by atoms with E-state index >= 15 is 0 Å². The largest absolute Gasteiger partial charge is 0.335 e. The van der Waals surface area contributed by atoms with Gasteiger partial charge in [-0.2, -0.15) is 5.10 Å². The van der Waals surface area contributed by atoms with E-state index in [4.69, 9.17) is 0 Å². The molecular weight excluding hydrogens is 264 g/mol. The number of nitrogens with zero attached hydrogens (tertiary/aromatic N) is 3. The number of hydrogen-bond acceptors (Lipinski definition) is 3. The molecule has 1 aliphatic rings. The fourth-order valence-electron chi connectivity index (χ4n) is 2.93. The lowest BCUT2D eigenvalue weighted by molar-refractivity contribution is 0.0673. The van der Waals surface area contributed by atoms with Crippen molar-refractivity contribution in [2.75, 3.05) is 13.1 Å². The summed E-state index contributed by atoms with van der Waals surface area (Å²) < 4.78 is 1.74. The van der Waals surface area contributed by atoms with Crippen LogP contribution in [0.1, 0.15) is 24.2 Å². The lowest BCUT2D eigenvalue weighted by Gasteiger charge is -2.36. The second kappa shape index (κ2) is 5.69. The summed E-state index contributed by atoms with van der Waals surface area (Å²) in [7, 11) is 0. The molecule has 1 saturated heterocycles. The van der Waals surface area contributed by atoms with Crippen LogP contribution in [0.4, 0.5) is 0 Å². The molecule has 1 aliphatic heterocycles. The molecule has 2 aromatic rings. The van der Waals surface area contributed by atoms with Gasteiger partial charge in [0.2, 0.25) is 0 Å². The molecule has 1 aromatic heterocycles. The summed E-state index contributed by atoms with van der Waals surface area (Å²) in [5.74, 6) is 0.0706. The topological polar surface area (TPSA) is 50.2 Å². The molecule has 5 nitrogen and oxygen atoms in total. The van der Waals surface area contributed by atoms with E-state index in [2.05, 4.69) is 24.3 Å². The van der Waals surface area contributed by atoms with E-state index in [1.54, 1.807) is 10.9 Å². The summed E-state index contributed by atoms with van der Waals surface area (Å²) in [6, 6.07) is 10.1. The number of hydrogen-bond donors (Lipinski definition) is 1. The maximum Gasteiger partial charge on any atom is 0.256 e. The van der Waals surface area contributed by atoms with Gasteiger partial charge >= 0.3 is 0 Å². The van der Waals surface area contributed by atoms with Gasteiger partial charge in [-0.15, -0.1) is 0 Å². The van der Waals surface area contributed by atoms with Crippen LogP contribution < -0.4 is 5.32 Å². The molecule has 0 bridgehead atoms. The Hall–Kier alpha value is -2.14. The van der Waals surface area contributed by atoms with Crippen molar-refractivity contribution in [2.24, 2.45) is 0 Å². The minimum atomic E-state index is 0.0706. The molecule has 2 atom stereocenters. The van der Waals surface area contributed by atoms with Crippen LogP contribution >= 0.6 is 0 Å². The zero-order valence-electron chi connectivity index (χ0n) is 12.4. The predicted molar refractivity (Wildman–Crippen MR) is 81.5 cm³/mol. The Kier molecular flexibility index (Phi) is 3.75. The van der Waals surface area contributed by atoms with E-state index < -0.39 is 0 Å². The van der Waals surface area contributed by atoms with Crippen LogP contribution in [0.3, 0.4) is 0 Å². The van der Waals surface area contributed by atoms with Crippen molar-refractivity contribution < 1.29 is 4.79 Å². The van der Waals surface area contributed by atoms with Crippen LogP contribution in [-0.2, 0) is 0 Å². The summed E-state index contributed by atoms with van der Waals surface area (Å²) in [6.45, 7) is 5.68. The Morgan fingerprint density at radius 2 is 1.90 bits per heavy atom. The summed E-state index contributed by atoms with van der Waals surface area (Å²) in [5, 5.41) is 7.68. The van der Waals surface area contributed by atoms with E-state index in [-0.39, 0.29) is 5.91 Å². The maximum atomic E-state index is 12.9. The van der Waals surface area contributed by atoms with Crippen molar-refractivity contribution in [1.29, 1.82) is 0 Å². The van der Waals surface area contributed by atoms with Gasteiger partial charge in [-0.3, -0.25) is 4.79 Å². The Balaban J connectivity index is 1.92. The molecule has 2 unspecified atom stereocenters. The van der Waals surface area contributed by atoms with Crippen LogP contribution in [0.25, 0.3) is 5.69 Å². The quantitative estimate of drug-likeness (QED) is 0.913. The van der Waals surface area contributed by atoms with Crippen molar-refractivity contribution >= 4 is 5.91 Å². The molecule has 2 heterocycles. The van der Waals surface area contributed by atoms with E-state index in [1.165, 1.54) is 0 Å². The Morgan fingerprint density at radius 3 is 2.57 bits per heavy atom. The molecule has 110 valence electrons. The number of benzene rings is 1. The Morgan fingerprint density at radius 1 is 1.19 bits per heavy atom. The van der Waals surface area contributed by atoms with E-state index in [9.17, 15) is 4.79 Å². The molecule has 0 radical (unpaired) electrons. The van der Waals surface area contributed by atoms with Gasteiger partial charge in [0.05, 0.1) is 11.3 Å². The maximum absolute atomic E-state index is 12.9. The van der Waals surface area contributed by atoms with Crippen molar-refractivity contribution in [2.45, 2.75) is 25.9 Å². The van der Waals surface area contributed by atoms with Gasteiger partial charge in [0.15, 0.2) is 0 Å². The van der Waals surface area contributed by atoms with Gasteiger partial charge in [-0.05, 0) is 32.0 Å². The smallest absolute Gasteiger partial charge is 0.256 e. The van der Waals surface area contributed by atoms with Crippen molar-refractivity contribution in [3.8, 4) is 5.69 Å². The molecule has 5 heteroatoms. The highest BCUT2D eigenvalue weighted by molar-refractivity contribution is 5.97. The van der Waals surface area contributed by atoms with Crippen LogP contribution in [0.2, 0.25) is 0 Å². The van der Waals surface area contributed by atoms with Gasteiger partial charge in [-0.25, -0.2) is 4.68 Å². The van der Waals surface area contributed by atoms with Crippen LogP contribution in [0, 0.1) is 0 Å². The molecule has 0 saturated carbocycles. The first kappa shape index (κ1) is 13.8. The second-order valence-corrected chi connectivity index (χ2v) is 5.65. The van der Waals surface area contributed by atoms with Gasteiger partial charge in [0.25, 0.3) is 5.91 Å². The van der Waals surface area contributed by atoms with Crippen LogP contribution in [-0.4, -0.2) is 45.8 Å². The number of carbonyl (C=O) groups excluding carboxylic acids is 1. The van der Waals surface area contributed by atoms with E-state index in [0.29, 0.717) is 17.6 Å². The number of para-hydroxylation sites is 1. The number of carbonyl (C=O) groups is 1. The van der Waals surface area contributed by atoms with Gasteiger partial charge in [0.1, 0.15) is 0 Å². The first-order valence-corrected chi connectivity index (χ1v) is 7.29. The van der Waals surface area contributed by atoms with Gasteiger partial charge in [0, 0.05) is 37.6 Å². The van der Waals surface area contributed by atoms with E-state index in [0.717, 1.165) is 18.8 Å². The predicted octanol–water partition coefficient (Wildman–Crippen LogP) is 1.69. The van der Waals surface area contributed by atoms with Gasteiger partial charge < -0.3 is 10.2 Å². The molecule has 0 aliphatic carbocycles. The zero-order chi connectivity index (χ0) is 14.8. The molecule has 1 N–H and O–H groups in total. The highest BCUT2D eigenvalue weighted by atomic mass is 16.2. The Labute approximate surface area is 124 Å². The average Bonchev–Trinajstić information content (AvgIpc) is 2.99.